The molecule has 1 N–H and O–H groups in total. The van der Waals surface area contributed by atoms with E-state index in [9.17, 15) is 4.79 Å². The number of carboxylic acid groups (broad SMARTS) is 1. The maximum absolute atomic E-state index is 10.7. The zero-order valence-electron chi connectivity index (χ0n) is 8.18. The van der Waals surface area contributed by atoms with Gasteiger partial charge >= 0.3 is 5.97 Å². The van der Waals surface area contributed by atoms with Crippen LogP contribution < -0.4 is 0 Å². The third-order valence-corrected chi connectivity index (χ3v) is 3.39. The minimum absolute atomic E-state index is 0.0647. The molecular formula is C10H13NO2S. The van der Waals surface area contributed by atoms with Gasteiger partial charge in [-0.25, -0.2) is 0 Å². The number of nitrogens with zero attached hydrogens (tertiary/aromatic N) is 1. The lowest BCUT2D eigenvalue weighted by Gasteiger charge is -2.14. The van der Waals surface area contributed by atoms with Crippen LogP contribution in [0.5, 0.6) is 0 Å². The van der Waals surface area contributed by atoms with E-state index >= 15 is 0 Å². The van der Waals surface area contributed by atoms with Crippen LogP contribution in [0.15, 0.2) is 29.4 Å². The third kappa shape index (κ3) is 3.03. The summed E-state index contributed by atoms with van der Waals surface area (Å²) >= 11 is 1.56. The van der Waals surface area contributed by atoms with Crippen LogP contribution >= 0.6 is 11.8 Å². The first-order valence-electron chi connectivity index (χ1n) is 4.40. The molecule has 76 valence electrons. The quantitative estimate of drug-likeness (QED) is 0.776. The Morgan fingerprint density at radius 2 is 2.00 bits per heavy atom. The summed E-state index contributed by atoms with van der Waals surface area (Å²) < 4.78 is 0. The van der Waals surface area contributed by atoms with Crippen molar-refractivity contribution >= 4 is 17.7 Å². The number of hydrogen-bond donors (Lipinski definition) is 1. The van der Waals surface area contributed by atoms with E-state index in [1.807, 2.05) is 19.1 Å². The molecule has 14 heavy (non-hydrogen) atoms. The minimum Gasteiger partial charge on any atom is -0.481 e. The van der Waals surface area contributed by atoms with Crippen molar-refractivity contribution in [2.75, 3.05) is 0 Å². The maximum Gasteiger partial charge on any atom is 0.307 e. The highest BCUT2D eigenvalue weighted by Gasteiger charge is 2.19. The molecule has 1 aromatic heterocycles. The van der Waals surface area contributed by atoms with Crippen LogP contribution in [0, 0.1) is 5.92 Å². The molecule has 0 amide bonds. The van der Waals surface area contributed by atoms with Gasteiger partial charge in [-0.05, 0) is 12.1 Å². The molecule has 0 saturated carbocycles. The van der Waals surface area contributed by atoms with E-state index in [-0.39, 0.29) is 11.2 Å². The van der Waals surface area contributed by atoms with Crippen LogP contribution in [0.3, 0.4) is 0 Å². The Hall–Kier alpha value is -1.03. The van der Waals surface area contributed by atoms with E-state index in [1.54, 1.807) is 31.1 Å². The maximum atomic E-state index is 10.7. The smallest absolute Gasteiger partial charge is 0.307 e. The standard InChI is InChI=1S/C10H13NO2S/c1-7(10(12)13)8(2)14-9-3-5-11-6-4-9/h3-8H,1-2H3,(H,12,13). The first-order chi connectivity index (χ1) is 6.61. The van der Waals surface area contributed by atoms with Crippen LogP contribution in [0.2, 0.25) is 0 Å². The van der Waals surface area contributed by atoms with Crippen LogP contribution in [0.1, 0.15) is 13.8 Å². The Morgan fingerprint density at radius 1 is 1.43 bits per heavy atom. The van der Waals surface area contributed by atoms with Crippen LogP contribution in [-0.2, 0) is 4.79 Å². The minimum atomic E-state index is -0.751. The van der Waals surface area contributed by atoms with Crippen LogP contribution in [-0.4, -0.2) is 21.3 Å². The first kappa shape index (κ1) is 11.0. The fraction of sp³-hybridized carbons (Fsp3) is 0.400. The molecule has 0 radical (unpaired) electrons. The Kier molecular flexibility index (Phi) is 3.95. The molecule has 2 unspecified atom stereocenters. The van der Waals surface area contributed by atoms with Crippen molar-refractivity contribution in [3.05, 3.63) is 24.5 Å². The molecule has 4 heteroatoms. The number of hydrogen-bond acceptors (Lipinski definition) is 3. The second kappa shape index (κ2) is 5.00. The van der Waals surface area contributed by atoms with Gasteiger partial charge in [0, 0.05) is 22.5 Å². The number of aliphatic carboxylic acids is 1. The summed E-state index contributed by atoms with van der Waals surface area (Å²) in [5.74, 6) is -1.09. The SMILES string of the molecule is CC(Sc1ccncc1)C(C)C(=O)O. The van der Waals surface area contributed by atoms with Gasteiger partial charge in [-0.2, -0.15) is 0 Å². The average Bonchev–Trinajstić information content (AvgIpc) is 2.18. The fourth-order valence-electron chi connectivity index (χ4n) is 0.934. The number of thioether (sulfide) groups is 1. The van der Waals surface area contributed by atoms with Crippen LogP contribution in [0.25, 0.3) is 0 Å². The van der Waals surface area contributed by atoms with Gasteiger partial charge in [0.15, 0.2) is 0 Å². The summed E-state index contributed by atoms with van der Waals surface area (Å²) in [6.07, 6.45) is 3.42. The van der Waals surface area contributed by atoms with Crippen molar-refractivity contribution in [3.8, 4) is 0 Å². The van der Waals surface area contributed by atoms with E-state index in [0.29, 0.717) is 0 Å². The summed E-state index contributed by atoms with van der Waals surface area (Å²) in [5, 5.41) is 8.87. The highest BCUT2D eigenvalue weighted by atomic mass is 32.2. The first-order valence-corrected chi connectivity index (χ1v) is 5.28. The van der Waals surface area contributed by atoms with Gasteiger partial charge in [0.25, 0.3) is 0 Å². The van der Waals surface area contributed by atoms with Crippen molar-refractivity contribution in [1.29, 1.82) is 0 Å². The monoisotopic (exact) mass is 211 g/mol. The van der Waals surface area contributed by atoms with Gasteiger partial charge in [-0.3, -0.25) is 9.78 Å². The van der Waals surface area contributed by atoms with Crippen molar-refractivity contribution in [2.45, 2.75) is 24.0 Å². The van der Waals surface area contributed by atoms with Gasteiger partial charge in [-0.15, -0.1) is 11.8 Å². The zero-order chi connectivity index (χ0) is 10.6. The molecule has 0 aliphatic heterocycles. The highest BCUT2D eigenvalue weighted by molar-refractivity contribution is 8.00. The van der Waals surface area contributed by atoms with Crippen LogP contribution in [0.4, 0.5) is 0 Å². The number of rotatable bonds is 4. The van der Waals surface area contributed by atoms with Gasteiger partial charge < -0.3 is 5.11 Å². The van der Waals surface area contributed by atoms with E-state index in [0.717, 1.165) is 4.90 Å². The Labute approximate surface area is 87.6 Å². The molecule has 0 aromatic carbocycles. The number of pyridine rings is 1. The van der Waals surface area contributed by atoms with E-state index < -0.39 is 5.97 Å². The highest BCUT2D eigenvalue weighted by Crippen LogP contribution is 2.27. The lowest BCUT2D eigenvalue weighted by molar-refractivity contribution is -0.140. The number of carbonyl (C=O) groups is 1. The lowest BCUT2D eigenvalue weighted by Crippen LogP contribution is -2.19. The van der Waals surface area contributed by atoms with Crippen molar-refractivity contribution in [1.82, 2.24) is 4.98 Å². The molecule has 1 aromatic rings. The predicted molar refractivity (Wildman–Crippen MR) is 56.4 cm³/mol. The second-order valence-electron chi connectivity index (χ2n) is 3.13. The summed E-state index contributed by atoms with van der Waals surface area (Å²) in [5.41, 5.74) is 0. The van der Waals surface area contributed by atoms with Gasteiger partial charge in [0.05, 0.1) is 5.92 Å². The Morgan fingerprint density at radius 3 is 2.50 bits per heavy atom. The lowest BCUT2D eigenvalue weighted by atomic mass is 10.1. The largest absolute Gasteiger partial charge is 0.481 e. The van der Waals surface area contributed by atoms with Gasteiger partial charge in [0.1, 0.15) is 0 Å². The third-order valence-electron chi connectivity index (χ3n) is 2.07. The average molecular weight is 211 g/mol. The zero-order valence-corrected chi connectivity index (χ0v) is 8.99. The molecule has 3 nitrogen and oxygen atoms in total. The molecule has 0 aliphatic rings. The molecule has 0 saturated heterocycles. The normalized spacial score (nSPS) is 14.7. The van der Waals surface area contributed by atoms with E-state index in [4.69, 9.17) is 5.11 Å². The predicted octanol–water partition coefficient (Wildman–Crippen LogP) is 2.28. The topological polar surface area (TPSA) is 50.2 Å². The molecular weight excluding hydrogens is 198 g/mol. The molecule has 0 bridgehead atoms. The molecule has 2 atom stereocenters. The summed E-state index contributed by atoms with van der Waals surface area (Å²) in [4.78, 5) is 15.7. The van der Waals surface area contributed by atoms with E-state index in [1.165, 1.54) is 0 Å². The molecule has 0 spiro atoms. The van der Waals surface area contributed by atoms with E-state index in [2.05, 4.69) is 4.98 Å². The summed E-state index contributed by atoms with van der Waals surface area (Å²) in [7, 11) is 0. The molecule has 1 heterocycles. The van der Waals surface area contributed by atoms with Gasteiger partial charge in [-0.1, -0.05) is 13.8 Å². The summed E-state index contributed by atoms with van der Waals surface area (Å²) in [6.45, 7) is 3.64. The number of aromatic nitrogens is 1. The Bertz CT molecular complexity index is 302. The molecule has 0 fully saturated rings. The fourth-order valence-corrected chi connectivity index (χ4v) is 1.96. The van der Waals surface area contributed by atoms with Crippen molar-refractivity contribution in [2.24, 2.45) is 5.92 Å². The second-order valence-corrected chi connectivity index (χ2v) is 4.58. The van der Waals surface area contributed by atoms with Crippen molar-refractivity contribution < 1.29 is 9.90 Å². The summed E-state index contributed by atoms with van der Waals surface area (Å²) in [6, 6.07) is 3.77. The molecule has 0 aliphatic carbocycles. The Balaban J connectivity index is 2.57. The molecule has 1 rings (SSSR count). The van der Waals surface area contributed by atoms with Crippen molar-refractivity contribution in [3.63, 3.8) is 0 Å². The van der Waals surface area contributed by atoms with Gasteiger partial charge in [0.2, 0.25) is 0 Å². The number of carboxylic acids is 1.